The number of rotatable bonds is 4. The monoisotopic (exact) mass is 340 g/mol. The van der Waals surface area contributed by atoms with Gasteiger partial charge in [-0.25, -0.2) is 0 Å². The van der Waals surface area contributed by atoms with Crippen LogP contribution in [0.5, 0.6) is 0 Å². The van der Waals surface area contributed by atoms with E-state index in [1.807, 2.05) is 5.32 Å². The van der Waals surface area contributed by atoms with Crippen LogP contribution in [0, 0.1) is 10.1 Å². The molecule has 0 heterocycles. The van der Waals surface area contributed by atoms with Gasteiger partial charge in [0.2, 0.25) is 0 Å². The summed E-state index contributed by atoms with van der Waals surface area (Å²) in [5, 5.41) is 22.5. The standard InChI is InChI=1S/C15H11F3N2O4/c16-15(17,18)14(22,10-4-2-1-3-5-10)13(21)19-11-6-8-12(9-7-11)20(23)24/h1-9,22H,(H,19,21). The fourth-order valence-corrected chi connectivity index (χ4v) is 1.99. The molecule has 6 nitrogen and oxygen atoms in total. The number of halogens is 3. The van der Waals surface area contributed by atoms with E-state index in [9.17, 15) is 33.2 Å². The quantitative estimate of drug-likeness (QED) is 0.661. The number of hydrogen-bond donors (Lipinski definition) is 2. The molecule has 0 radical (unpaired) electrons. The number of hydrogen-bond acceptors (Lipinski definition) is 4. The summed E-state index contributed by atoms with van der Waals surface area (Å²) >= 11 is 0. The highest BCUT2D eigenvalue weighted by Gasteiger charge is 2.60. The first-order valence-corrected chi connectivity index (χ1v) is 6.57. The first-order chi connectivity index (χ1) is 11.2. The maximum Gasteiger partial charge on any atom is 0.430 e. The van der Waals surface area contributed by atoms with Crippen molar-refractivity contribution < 1.29 is 28.0 Å². The largest absolute Gasteiger partial charge is 0.430 e. The zero-order valence-electron chi connectivity index (χ0n) is 11.9. The maximum absolute atomic E-state index is 13.3. The zero-order chi connectivity index (χ0) is 18.0. The summed E-state index contributed by atoms with van der Waals surface area (Å²) in [5.74, 6) is -1.71. The molecule has 0 spiro atoms. The molecule has 9 heteroatoms. The number of nitrogens with zero attached hydrogens (tertiary/aromatic N) is 1. The lowest BCUT2D eigenvalue weighted by Crippen LogP contribution is -2.52. The topological polar surface area (TPSA) is 92.5 Å². The molecule has 2 aromatic rings. The van der Waals surface area contributed by atoms with Crippen LogP contribution >= 0.6 is 0 Å². The van der Waals surface area contributed by atoms with Crippen molar-refractivity contribution in [2.24, 2.45) is 0 Å². The SMILES string of the molecule is O=C(Nc1ccc([N+](=O)[O-])cc1)C(O)(c1ccccc1)C(F)(F)F. The van der Waals surface area contributed by atoms with E-state index in [0.717, 1.165) is 36.4 Å². The summed E-state index contributed by atoms with van der Waals surface area (Å²) in [6.45, 7) is 0. The molecule has 0 saturated heterocycles. The fraction of sp³-hybridized carbons (Fsp3) is 0.133. The van der Waals surface area contributed by atoms with Crippen LogP contribution in [0.4, 0.5) is 24.5 Å². The smallest absolute Gasteiger partial charge is 0.368 e. The Kier molecular flexibility index (Phi) is 4.56. The molecule has 126 valence electrons. The van der Waals surface area contributed by atoms with E-state index in [-0.39, 0.29) is 11.4 Å². The van der Waals surface area contributed by atoms with Gasteiger partial charge in [0, 0.05) is 23.4 Å². The summed E-state index contributed by atoms with van der Waals surface area (Å²) in [6.07, 6.45) is -5.26. The zero-order valence-corrected chi connectivity index (χ0v) is 11.9. The Labute approximate surface area is 133 Å². The van der Waals surface area contributed by atoms with Crippen LogP contribution in [-0.2, 0) is 10.4 Å². The normalized spacial score (nSPS) is 13.8. The molecular weight excluding hydrogens is 329 g/mol. The lowest BCUT2D eigenvalue weighted by molar-refractivity contribution is -0.384. The number of nitro groups is 1. The highest BCUT2D eigenvalue weighted by atomic mass is 19.4. The van der Waals surface area contributed by atoms with Crippen LogP contribution in [0.25, 0.3) is 0 Å². The Morgan fingerprint density at radius 2 is 1.58 bits per heavy atom. The van der Waals surface area contributed by atoms with Crippen LogP contribution < -0.4 is 5.32 Å². The van der Waals surface area contributed by atoms with Crippen LogP contribution in [0.2, 0.25) is 0 Å². The molecule has 1 unspecified atom stereocenters. The second kappa shape index (κ2) is 6.28. The molecule has 0 bridgehead atoms. The second-order valence-corrected chi connectivity index (χ2v) is 4.83. The summed E-state index contributed by atoms with van der Waals surface area (Å²) in [6, 6.07) is 10.1. The van der Waals surface area contributed by atoms with E-state index in [1.165, 1.54) is 18.2 Å². The van der Waals surface area contributed by atoms with E-state index < -0.39 is 28.2 Å². The molecular formula is C15H11F3N2O4. The Morgan fingerprint density at radius 1 is 1.04 bits per heavy atom. The van der Waals surface area contributed by atoms with Crippen LogP contribution in [0.3, 0.4) is 0 Å². The summed E-state index contributed by atoms with van der Waals surface area (Å²) in [7, 11) is 0. The molecule has 0 fully saturated rings. The Bertz CT molecular complexity index is 748. The Hall–Kier alpha value is -2.94. The van der Waals surface area contributed by atoms with Gasteiger partial charge < -0.3 is 10.4 Å². The van der Waals surface area contributed by atoms with Crippen molar-refractivity contribution in [1.82, 2.24) is 0 Å². The van der Waals surface area contributed by atoms with E-state index in [0.29, 0.717) is 0 Å². The lowest BCUT2D eigenvalue weighted by atomic mass is 9.92. The van der Waals surface area contributed by atoms with Gasteiger partial charge >= 0.3 is 6.18 Å². The predicted octanol–water partition coefficient (Wildman–Crippen LogP) is 2.98. The number of anilines is 1. The number of nitrogens with one attached hydrogen (secondary N) is 1. The minimum absolute atomic E-state index is 0.121. The van der Waals surface area contributed by atoms with Crippen LogP contribution in [-0.4, -0.2) is 22.1 Å². The van der Waals surface area contributed by atoms with Crippen LogP contribution in [0.1, 0.15) is 5.56 Å². The molecule has 0 saturated carbocycles. The first-order valence-electron chi connectivity index (χ1n) is 6.57. The van der Waals surface area contributed by atoms with Crippen molar-refractivity contribution in [3.8, 4) is 0 Å². The maximum atomic E-state index is 13.3. The number of alkyl halides is 3. The molecule has 2 aromatic carbocycles. The lowest BCUT2D eigenvalue weighted by Gasteiger charge is -2.29. The highest BCUT2D eigenvalue weighted by molar-refractivity contribution is 5.98. The van der Waals surface area contributed by atoms with E-state index in [1.54, 1.807) is 0 Å². The summed E-state index contributed by atoms with van der Waals surface area (Å²) in [4.78, 5) is 21.9. The predicted molar refractivity (Wildman–Crippen MR) is 78.1 cm³/mol. The molecule has 0 aliphatic heterocycles. The van der Waals surface area contributed by atoms with E-state index in [4.69, 9.17) is 0 Å². The third-order valence-electron chi connectivity index (χ3n) is 3.27. The van der Waals surface area contributed by atoms with Gasteiger partial charge in [0.05, 0.1) is 4.92 Å². The van der Waals surface area contributed by atoms with Crippen molar-refractivity contribution in [2.75, 3.05) is 5.32 Å². The van der Waals surface area contributed by atoms with Crippen molar-refractivity contribution >= 4 is 17.3 Å². The Balaban J connectivity index is 2.34. The molecule has 2 N–H and O–H groups in total. The minimum atomic E-state index is -5.26. The highest BCUT2D eigenvalue weighted by Crippen LogP contribution is 2.39. The van der Waals surface area contributed by atoms with Gasteiger partial charge in [-0.3, -0.25) is 14.9 Å². The fourth-order valence-electron chi connectivity index (χ4n) is 1.99. The average molecular weight is 340 g/mol. The molecule has 1 atom stereocenters. The van der Waals surface area contributed by atoms with Gasteiger partial charge in [-0.1, -0.05) is 30.3 Å². The number of nitro benzene ring substituents is 1. The number of carbonyl (C=O) groups excluding carboxylic acids is 1. The second-order valence-electron chi connectivity index (χ2n) is 4.83. The average Bonchev–Trinajstić information content (AvgIpc) is 2.54. The summed E-state index contributed by atoms with van der Waals surface area (Å²) in [5.41, 5.74) is -4.81. The molecule has 2 rings (SSSR count). The molecule has 0 aliphatic carbocycles. The van der Waals surface area contributed by atoms with Gasteiger partial charge in [0.25, 0.3) is 17.2 Å². The van der Waals surface area contributed by atoms with E-state index in [2.05, 4.69) is 0 Å². The third-order valence-corrected chi connectivity index (χ3v) is 3.27. The van der Waals surface area contributed by atoms with Gasteiger partial charge in [-0.15, -0.1) is 0 Å². The molecule has 1 amide bonds. The van der Waals surface area contributed by atoms with Crippen LogP contribution in [0.15, 0.2) is 54.6 Å². The number of carbonyl (C=O) groups is 1. The van der Waals surface area contributed by atoms with E-state index >= 15 is 0 Å². The molecule has 0 aromatic heterocycles. The van der Waals surface area contributed by atoms with Crippen molar-refractivity contribution in [1.29, 1.82) is 0 Å². The van der Waals surface area contributed by atoms with Gasteiger partial charge in [-0.2, -0.15) is 13.2 Å². The number of amides is 1. The number of non-ortho nitro benzene ring substituents is 1. The Morgan fingerprint density at radius 3 is 2.04 bits per heavy atom. The third kappa shape index (κ3) is 3.20. The summed E-state index contributed by atoms with van der Waals surface area (Å²) < 4.78 is 39.9. The molecule has 0 aliphatic rings. The van der Waals surface area contributed by atoms with Crippen molar-refractivity contribution in [3.05, 3.63) is 70.3 Å². The number of aliphatic hydroxyl groups is 1. The first kappa shape index (κ1) is 17.4. The van der Waals surface area contributed by atoms with Gasteiger partial charge in [-0.05, 0) is 12.1 Å². The van der Waals surface area contributed by atoms with Gasteiger partial charge in [0.15, 0.2) is 0 Å². The minimum Gasteiger partial charge on any atom is -0.368 e. The number of benzene rings is 2. The van der Waals surface area contributed by atoms with Crippen molar-refractivity contribution in [2.45, 2.75) is 11.8 Å². The molecule has 24 heavy (non-hydrogen) atoms. The van der Waals surface area contributed by atoms with Gasteiger partial charge in [0.1, 0.15) is 0 Å². The van der Waals surface area contributed by atoms with Crippen molar-refractivity contribution in [3.63, 3.8) is 0 Å².